The van der Waals surface area contributed by atoms with E-state index in [2.05, 4.69) is 17.6 Å². The number of rotatable bonds is 2. The van der Waals surface area contributed by atoms with Crippen LogP contribution < -0.4 is 10.6 Å². The zero-order valence-electron chi connectivity index (χ0n) is 6.28. The molecule has 0 amide bonds. The zero-order chi connectivity index (χ0) is 6.69. The SMILES string of the molecule is CNCC1NCCC1C. The summed E-state index contributed by atoms with van der Waals surface area (Å²) in [7, 11) is 2.01. The summed E-state index contributed by atoms with van der Waals surface area (Å²) in [6, 6.07) is 0.718. The maximum Gasteiger partial charge on any atom is 0.0218 e. The molecule has 0 spiro atoms. The second-order valence-corrected chi connectivity index (χ2v) is 2.88. The molecule has 2 atom stereocenters. The molecule has 0 aromatic carbocycles. The first-order chi connectivity index (χ1) is 4.34. The van der Waals surface area contributed by atoms with Crippen molar-refractivity contribution in [3.63, 3.8) is 0 Å². The fourth-order valence-electron chi connectivity index (χ4n) is 1.39. The Morgan fingerprint density at radius 2 is 2.44 bits per heavy atom. The highest BCUT2D eigenvalue weighted by atomic mass is 15.0. The fourth-order valence-corrected chi connectivity index (χ4v) is 1.39. The molecule has 54 valence electrons. The van der Waals surface area contributed by atoms with Gasteiger partial charge in [-0.25, -0.2) is 0 Å². The van der Waals surface area contributed by atoms with Gasteiger partial charge in [-0.3, -0.25) is 0 Å². The predicted octanol–water partition coefficient (Wildman–Crippen LogP) is 0.204. The summed E-state index contributed by atoms with van der Waals surface area (Å²) in [5, 5.41) is 6.62. The van der Waals surface area contributed by atoms with Crippen LogP contribution in [0.1, 0.15) is 13.3 Å². The normalized spacial score (nSPS) is 35.3. The Kier molecular flexibility index (Phi) is 2.49. The molecule has 2 nitrogen and oxygen atoms in total. The van der Waals surface area contributed by atoms with Crippen molar-refractivity contribution in [2.24, 2.45) is 5.92 Å². The Balaban J connectivity index is 2.22. The van der Waals surface area contributed by atoms with Crippen LogP contribution in [0.15, 0.2) is 0 Å². The van der Waals surface area contributed by atoms with Crippen molar-refractivity contribution in [2.75, 3.05) is 20.1 Å². The van der Waals surface area contributed by atoms with Crippen LogP contribution >= 0.6 is 0 Å². The third-order valence-electron chi connectivity index (χ3n) is 2.12. The summed E-state index contributed by atoms with van der Waals surface area (Å²) in [5.41, 5.74) is 0. The van der Waals surface area contributed by atoms with E-state index in [1.165, 1.54) is 13.0 Å². The van der Waals surface area contributed by atoms with Crippen molar-refractivity contribution < 1.29 is 0 Å². The zero-order valence-corrected chi connectivity index (χ0v) is 6.28. The van der Waals surface area contributed by atoms with Gasteiger partial charge in [0.1, 0.15) is 0 Å². The van der Waals surface area contributed by atoms with E-state index in [0.29, 0.717) is 0 Å². The number of likely N-dealkylation sites (N-methyl/N-ethyl adjacent to an activating group) is 1. The first-order valence-electron chi connectivity index (χ1n) is 3.72. The van der Waals surface area contributed by atoms with Gasteiger partial charge in [-0.05, 0) is 25.9 Å². The van der Waals surface area contributed by atoms with Crippen LogP contribution in [-0.4, -0.2) is 26.2 Å². The minimum atomic E-state index is 0.718. The van der Waals surface area contributed by atoms with E-state index in [9.17, 15) is 0 Å². The summed E-state index contributed by atoms with van der Waals surface area (Å²) in [6.07, 6.45) is 1.34. The molecule has 0 aliphatic carbocycles. The van der Waals surface area contributed by atoms with Gasteiger partial charge in [0.05, 0.1) is 0 Å². The lowest BCUT2D eigenvalue weighted by atomic mass is 10.0. The Labute approximate surface area is 57.0 Å². The second-order valence-electron chi connectivity index (χ2n) is 2.88. The van der Waals surface area contributed by atoms with E-state index in [0.717, 1.165) is 18.5 Å². The summed E-state index contributed by atoms with van der Waals surface area (Å²) < 4.78 is 0. The van der Waals surface area contributed by atoms with Gasteiger partial charge in [0.25, 0.3) is 0 Å². The van der Waals surface area contributed by atoms with Crippen LogP contribution in [0.4, 0.5) is 0 Å². The van der Waals surface area contributed by atoms with Crippen LogP contribution in [0.3, 0.4) is 0 Å². The van der Waals surface area contributed by atoms with Crippen molar-refractivity contribution in [1.29, 1.82) is 0 Å². The van der Waals surface area contributed by atoms with Crippen molar-refractivity contribution in [3.05, 3.63) is 0 Å². The quantitative estimate of drug-likeness (QED) is 0.555. The summed E-state index contributed by atoms with van der Waals surface area (Å²) >= 11 is 0. The van der Waals surface area contributed by atoms with Crippen LogP contribution in [0, 0.1) is 5.92 Å². The standard InChI is InChI=1S/C7H16N2/c1-6-3-4-9-7(6)5-8-2/h6-9H,3-5H2,1-2H3. The number of hydrogen-bond acceptors (Lipinski definition) is 2. The Hall–Kier alpha value is -0.0800. The molecular formula is C7H16N2. The van der Waals surface area contributed by atoms with Gasteiger partial charge in [0.2, 0.25) is 0 Å². The minimum absolute atomic E-state index is 0.718. The lowest BCUT2D eigenvalue weighted by Gasteiger charge is -2.13. The maximum absolute atomic E-state index is 3.44. The Morgan fingerprint density at radius 1 is 1.67 bits per heavy atom. The third kappa shape index (κ3) is 1.66. The van der Waals surface area contributed by atoms with Gasteiger partial charge in [-0.15, -0.1) is 0 Å². The van der Waals surface area contributed by atoms with E-state index in [1.807, 2.05) is 7.05 Å². The van der Waals surface area contributed by atoms with E-state index >= 15 is 0 Å². The van der Waals surface area contributed by atoms with Crippen molar-refractivity contribution >= 4 is 0 Å². The van der Waals surface area contributed by atoms with Gasteiger partial charge in [0.15, 0.2) is 0 Å². The van der Waals surface area contributed by atoms with Crippen molar-refractivity contribution in [3.8, 4) is 0 Å². The molecule has 2 N–H and O–H groups in total. The number of nitrogens with one attached hydrogen (secondary N) is 2. The van der Waals surface area contributed by atoms with E-state index in [1.54, 1.807) is 0 Å². The van der Waals surface area contributed by atoms with Crippen molar-refractivity contribution in [2.45, 2.75) is 19.4 Å². The Bertz CT molecular complexity index is 83.0. The Morgan fingerprint density at radius 3 is 2.89 bits per heavy atom. The molecule has 0 aromatic heterocycles. The maximum atomic E-state index is 3.44. The minimum Gasteiger partial charge on any atom is -0.318 e. The average Bonchev–Trinajstić information content (AvgIpc) is 2.18. The predicted molar refractivity (Wildman–Crippen MR) is 39.5 cm³/mol. The molecule has 0 saturated carbocycles. The van der Waals surface area contributed by atoms with Crippen LogP contribution in [0.5, 0.6) is 0 Å². The lowest BCUT2D eigenvalue weighted by molar-refractivity contribution is 0.464. The van der Waals surface area contributed by atoms with Crippen LogP contribution in [0.2, 0.25) is 0 Å². The van der Waals surface area contributed by atoms with Gasteiger partial charge >= 0.3 is 0 Å². The topological polar surface area (TPSA) is 24.1 Å². The molecule has 0 aromatic rings. The molecule has 0 bridgehead atoms. The van der Waals surface area contributed by atoms with Crippen molar-refractivity contribution in [1.82, 2.24) is 10.6 Å². The van der Waals surface area contributed by atoms with Gasteiger partial charge < -0.3 is 10.6 Å². The van der Waals surface area contributed by atoms with E-state index in [-0.39, 0.29) is 0 Å². The first kappa shape index (κ1) is 7.03. The molecule has 2 unspecified atom stereocenters. The molecule has 1 aliphatic heterocycles. The second kappa shape index (κ2) is 3.18. The molecule has 1 fully saturated rings. The van der Waals surface area contributed by atoms with Gasteiger partial charge in [0, 0.05) is 12.6 Å². The largest absolute Gasteiger partial charge is 0.318 e. The van der Waals surface area contributed by atoms with Crippen LogP contribution in [0.25, 0.3) is 0 Å². The summed E-state index contributed by atoms with van der Waals surface area (Å²) in [6.45, 7) is 4.62. The average molecular weight is 128 g/mol. The smallest absolute Gasteiger partial charge is 0.0218 e. The van der Waals surface area contributed by atoms with Crippen LogP contribution in [-0.2, 0) is 0 Å². The van der Waals surface area contributed by atoms with E-state index < -0.39 is 0 Å². The fraction of sp³-hybridized carbons (Fsp3) is 1.00. The molecular weight excluding hydrogens is 112 g/mol. The highest BCUT2D eigenvalue weighted by Gasteiger charge is 2.20. The lowest BCUT2D eigenvalue weighted by Crippen LogP contribution is -2.35. The highest BCUT2D eigenvalue weighted by Crippen LogP contribution is 2.12. The molecule has 1 rings (SSSR count). The monoisotopic (exact) mass is 128 g/mol. The summed E-state index contributed by atoms with van der Waals surface area (Å²) in [4.78, 5) is 0. The first-order valence-corrected chi connectivity index (χ1v) is 3.72. The molecule has 2 heteroatoms. The molecule has 9 heavy (non-hydrogen) atoms. The van der Waals surface area contributed by atoms with E-state index in [4.69, 9.17) is 0 Å². The molecule has 1 aliphatic rings. The third-order valence-corrected chi connectivity index (χ3v) is 2.12. The molecule has 1 heterocycles. The number of hydrogen-bond donors (Lipinski definition) is 2. The highest BCUT2D eigenvalue weighted by molar-refractivity contribution is 4.81. The molecule has 1 saturated heterocycles. The van der Waals surface area contributed by atoms with Gasteiger partial charge in [-0.1, -0.05) is 6.92 Å². The molecule has 0 radical (unpaired) electrons. The summed E-state index contributed by atoms with van der Waals surface area (Å²) in [5.74, 6) is 0.859. The van der Waals surface area contributed by atoms with Gasteiger partial charge in [-0.2, -0.15) is 0 Å².